The van der Waals surface area contributed by atoms with E-state index in [2.05, 4.69) is 17.0 Å². The van der Waals surface area contributed by atoms with Crippen molar-refractivity contribution in [2.45, 2.75) is 0 Å². The fourth-order valence-electron chi connectivity index (χ4n) is 1.58. The molecule has 1 aromatic carbocycles. The molecule has 1 aliphatic rings. The summed E-state index contributed by atoms with van der Waals surface area (Å²) >= 11 is 0. The quantitative estimate of drug-likeness (QED) is 0.715. The zero-order valence-electron chi connectivity index (χ0n) is 7.90. The van der Waals surface area contributed by atoms with Gasteiger partial charge in [-0.05, 0) is 12.1 Å². The number of hydrogen-bond acceptors (Lipinski definition) is 2. The predicted molar refractivity (Wildman–Crippen MR) is 61.7 cm³/mol. The van der Waals surface area contributed by atoms with Crippen LogP contribution in [0, 0.1) is 0 Å². The van der Waals surface area contributed by atoms with E-state index in [1.807, 2.05) is 18.2 Å². The van der Waals surface area contributed by atoms with E-state index >= 15 is 0 Å². The molecule has 0 aliphatic carbocycles. The number of hydrogen-bond donors (Lipinski definition) is 0. The third-order valence-corrected chi connectivity index (χ3v) is 2.35. The van der Waals surface area contributed by atoms with Crippen molar-refractivity contribution in [1.82, 2.24) is 5.12 Å². The topological polar surface area (TPSA) is 6.48 Å². The molecule has 0 saturated carbocycles. The molecule has 78 valence electrons. The summed E-state index contributed by atoms with van der Waals surface area (Å²) in [5.74, 6) is 0. The molecule has 0 aromatic heterocycles. The fraction of sp³-hybridized carbons (Fsp3) is 0.400. The first-order valence-corrected chi connectivity index (χ1v) is 4.57. The average molecular weight is 261 g/mol. The molecule has 1 fully saturated rings. The summed E-state index contributed by atoms with van der Waals surface area (Å²) in [4.78, 5) is 2.20. The van der Waals surface area contributed by atoms with E-state index in [0.717, 1.165) is 18.2 Å². The number of anilines is 1. The molecule has 1 aromatic rings. The maximum absolute atomic E-state index is 12.7. The summed E-state index contributed by atoms with van der Waals surface area (Å²) in [7, 11) is 0. The van der Waals surface area contributed by atoms with Crippen LogP contribution in [0.5, 0.6) is 0 Å². The normalized spacial score (nSPS) is 17.6. The zero-order valence-corrected chi connectivity index (χ0v) is 9.61. The Morgan fingerprint density at radius 2 is 1.50 bits per heavy atom. The van der Waals surface area contributed by atoms with Crippen LogP contribution in [0.1, 0.15) is 0 Å². The standard InChI is InChI=1S/C10H13FN2.BrH/c11-13-8-6-12(7-9-13)10-4-2-1-3-5-10;/h1-5H,6-9H2;1H. The lowest BCUT2D eigenvalue weighted by Gasteiger charge is -2.31. The molecular weight excluding hydrogens is 247 g/mol. The van der Waals surface area contributed by atoms with Crippen LogP contribution in [0.4, 0.5) is 10.2 Å². The van der Waals surface area contributed by atoms with Gasteiger partial charge in [-0.1, -0.05) is 18.2 Å². The van der Waals surface area contributed by atoms with Crippen LogP contribution in [0.15, 0.2) is 30.3 Å². The van der Waals surface area contributed by atoms with E-state index in [9.17, 15) is 4.48 Å². The number of para-hydroxylation sites is 1. The van der Waals surface area contributed by atoms with Crippen molar-refractivity contribution >= 4 is 22.7 Å². The molecule has 14 heavy (non-hydrogen) atoms. The van der Waals surface area contributed by atoms with Gasteiger partial charge in [0, 0.05) is 31.9 Å². The largest absolute Gasteiger partial charge is 0.369 e. The first-order chi connectivity index (χ1) is 6.36. The van der Waals surface area contributed by atoms with Gasteiger partial charge < -0.3 is 4.90 Å². The van der Waals surface area contributed by atoms with Crippen molar-refractivity contribution in [3.8, 4) is 0 Å². The number of rotatable bonds is 1. The van der Waals surface area contributed by atoms with Crippen LogP contribution < -0.4 is 4.90 Å². The van der Waals surface area contributed by atoms with Gasteiger partial charge >= 0.3 is 0 Å². The van der Waals surface area contributed by atoms with Crippen molar-refractivity contribution < 1.29 is 4.48 Å². The highest BCUT2D eigenvalue weighted by molar-refractivity contribution is 8.93. The van der Waals surface area contributed by atoms with Crippen LogP contribution in [-0.2, 0) is 0 Å². The van der Waals surface area contributed by atoms with Crippen LogP contribution in [0.25, 0.3) is 0 Å². The van der Waals surface area contributed by atoms with Gasteiger partial charge in [0.05, 0.1) is 0 Å². The van der Waals surface area contributed by atoms with Crippen LogP contribution in [0.3, 0.4) is 0 Å². The minimum Gasteiger partial charge on any atom is -0.369 e. The third-order valence-electron chi connectivity index (χ3n) is 2.35. The number of halogens is 2. The molecule has 0 amide bonds. The summed E-state index contributed by atoms with van der Waals surface area (Å²) in [5.41, 5.74) is 1.19. The van der Waals surface area contributed by atoms with Gasteiger partial charge in [-0.2, -0.15) is 0 Å². The number of nitrogens with zero attached hydrogens (tertiary/aromatic N) is 2. The van der Waals surface area contributed by atoms with E-state index in [1.165, 1.54) is 5.69 Å². The molecule has 1 heterocycles. The molecule has 0 bridgehead atoms. The fourth-order valence-corrected chi connectivity index (χ4v) is 1.58. The predicted octanol–water partition coefficient (Wildman–Crippen LogP) is 2.27. The first-order valence-electron chi connectivity index (χ1n) is 4.57. The molecule has 1 saturated heterocycles. The smallest absolute Gasteiger partial charge is 0.0467 e. The van der Waals surface area contributed by atoms with E-state index in [4.69, 9.17) is 0 Å². The van der Waals surface area contributed by atoms with Gasteiger partial charge in [-0.3, -0.25) is 0 Å². The van der Waals surface area contributed by atoms with Crippen LogP contribution in [-0.4, -0.2) is 31.3 Å². The highest BCUT2D eigenvalue weighted by atomic mass is 79.9. The molecule has 1 aliphatic heterocycles. The van der Waals surface area contributed by atoms with E-state index in [-0.39, 0.29) is 17.0 Å². The second kappa shape index (κ2) is 5.32. The summed E-state index contributed by atoms with van der Waals surface area (Å²) in [5, 5.41) is 0.874. The molecule has 0 spiro atoms. The lowest BCUT2D eigenvalue weighted by molar-refractivity contribution is 0.0200. The Morgan fingerprint density at radius 3 is 2.07 bits per heavy atom. The van der Waals surface area contributed by atoms with Gasteiger partial charge in [0.25, 0.3) is 0 Å². The van der Waals surface area contributed by atoms with Crippen molar-refractivity contribution in [2.75, 3.05) is 31.1 Å². The molecule has 2 rings (SSSR count). The Morgan fingerprint density at radius 1 is 0.929 bits per heavy atom. The maximum Gasteiger partial charge on any atom is 0.0467 e. The van der Waals surface area contributed by atoms with Gasteiger partial charge in [-0.15, -0.1) is 26.6 Å². The van der Waals surface area contributed by atoms with Gasteiger partial charge in [0.2, 0.25) is 0 Å². The summed E-state index contributed by atoms with van der Waals surface area (Å²) in [6.45, 7) is 2.57. The maximum atomic E-state index is 12.7. The van der Waals surface area contributed by atoms with Crippen LogP contribution in [0.2, 0.25) is 0 Å². The highest BCUT2D eigenvalue weighted by Gasteiger charge is 2.15. The molecule has 0 unspecified atom stereocenters. The molecule has 0 N–H and O–H groups in total. The van der Waals surface area contributed by atoms with Crippen molar-refractivity contribution in [3.63, 3.8) is 0 Å². The Balaban J connectivity index is 0.000000980. The van der Waals surface area contributed by atoms with Crippen molar-refractivity contribution in [3.05, 3.63) is 30.3 Å². The van der Waals surface area contributed by atoms with Gasteiger partial charge in [0.15, 0.2) is 0 Å². The molecule has 0 atom stereocenters. The zero-order chi connectivity index (χ0) is 9.10. The Kier molecular flexibility index (Phi) is 4.35. The Labute approximate surface area is 94.0 Å². The van der Waals surface area contributed by atoms with E-state index in [0.29, 0.717) is 13.1 Å². The Hall–Kier alpha value is -0.610. The SMILES string of the molecule is Br.FN1CCN(c2ccccc2)CC1. The molecular formula is C10H14BrFN2. The lowest BCUT2D eigenvalue weighted by Crippen LogP contribution is -2.42. The molecule has 4 heteroatoms. The first kappa shape index (κ1) is 11.5. The van der Waals surface area contributed by atoms with Gasteiger partial charge in [-0.25, -0.2) is 0 Å². The number of piperazine rings is 1. The minimum atomic E-state index is 0. The average Bonchev–Trinajstić information content (AvgIpc) is 2.20. The molecule has 0 radical (unpaired) electrons. The third kappa shape index (κ3) is 2.69. The van der Waals surface area contributed by atoms with E-state index in [1.54, 1.807) is 0 Å². The summed E-state index contributed by atoms with van der Waals surface area (Å²) in [6, 6.07) is 10.1. The van der Waals surface area contributed by atoms with Crippen molar-refractivity contribution in [1.29, 1.82) is 0 Å². The van der Waals surface area contributed by atoms with Gasteiger partial charge in [0.1, 0.15) is 0 Å². The monoisotopic (exact) mass is 260 g/mol. The highest BCUT2D eigenvalue weighted by Crippen LogP contribution is 2.15. The minimum absolute atomic E-state index is 0. The number of benzene rings is 1. The summed E-state index contributed by atoms with van der Waals surface area (Å²) in [6.07, 6.45) is 0. The Bertz CT molecular complexity index is 260. The summed E-state index contributed by atoms with van der Waals surface area (Å²) < 4.78 is 12.7. The van der Waals surface area contributed by atoms with Crippen LogP contribution >= 0.6 is 17.0 Å². The second-order valence-electron chi connectivity index (χ2n) is 3.23. The molecule has 2 nitrogen and oxygen atoms in total. The van der Waals surface area contributed by atoms with E-state index < -0.39 is 0 Å². The van der Waals surface area contributed by atoms with Crippen molar-refractivity contribution in [2.24, 2.45) is 0 Å². The second-order valence-corrected chi connectivity index (χ2v) is 3.23. The lowest BCUT2D eigenvalue weighted by atomic mass is 10.2.